The summed E-state index contributed by atoms with van der Waals surface area (Å²) in [5.74, 6) is -0.440. The first-order chi connectivity index (χ1) is 22.6. The van der Waals surface area contributed by atoms with Crippen molar-refractivity contribution < 1.29 is 70.0 Å². The topological polar surface area (TPSA) is 216 Å². The average Bonchev–Trinajstić information content (AvgIpc) is 3.01. The Morgan fingerprint density at radius 1 is 0.755 bits per heavy atom. The van der Waals surface area contributed by atoms with Crippen molar-refractivity contribution in [2.75, 3.05) is 66.7 Å². The zero-order valence-corrected chi connectivity index (χ0v) is 30.1. The maximum absolute atomic E-state index is 12.4. The quantitative estimate of drug-likeness (QED) is 0.0602. The molecule has 20 heteroatoms. The summed E-state index contributed by atoms with van der Waals surface area (Å²) in [5, 5.41) is 36.4. The second-order valence-corrected chi connectivity index (χ2v) is 9.56. The van der Waals surface area contributed by atoms with Crippen LogP contribution in [-0.2, 0) is 36.1 Å². The summed E-state index contributed by atoms with van der Waals surface area (Å²) in [7, 11) is 4.73. The number of aliphatic hydroxyl groups is 1. The average molecular weight is 801 g/mol. The molecule has 0 radical (unpaired) electrons. The van der Waals surface area contributed by atoms with Gasteiger partial charge in [0.2, 0.25) is 0 Å². The third kappa shape index (κ3) is 26.1. The van der Waals surface area contributed by atoms with Gasteiger partial charge in [0.25, 0.3) is 17.3 Å². The van der Waals surface area contributed by atoms with Crippen molar-refractivity contribution in [2.45, 2.75) is 6.92 Å². The number of hydrogen-bond donors (Lipinski definition) is 3. The minimum Gasteiger partial charge on any atom is -0.490 e. The van der Waals surface area contributed by atoms with Crippen LogP contribution in [0.15, 0.2) is 54.6 Å². The minimum absolute atomic E-state index is 0. The molecule has 0 spiro atoms. The number of nitrogens with zero attached hydrogens (tertiary/aromatic N) is 2. The fourth-order valence-electron chi connectivity index (χ4n) is 2.51. The number of nitrogen functional groups attached to an aromatic ring is 1. The van der Waals surface area contributed by atoms with Crippen molar-refractivity contribution in [3.63, 3.8) is 0 Å². The first kappa shape index (κ1) is 49.9. The van der Waals surface area contributed by atoms with Crippen LogP contribution < -0.4 is 15.2 Å². The van der Waals surface area contributed by atoms with Crippen molar-refractivity contribution in [2.24, 2.45) is 0 Å². The van der Waals surface area contributed by atoms with Crippen molar-refractivity contribution in [3.8, 4) is 11.5 Å². The molecule has 0 atom stereocenters. The van der Waals surface area contributed by atoms with E-state index in [9.17, 15) is 24.6 Å². The maximum atomic E-state index is 12.4. The molecule has 0 aliphatic heterocycles. The number of carboxylic acid groups (broad SMARTS) is 1. The fraction of sp³-hybridized carbons (Fsp3) is 0.345. The molecule has 0 bridgehead atoms. The van der Waals surface area contributed by atoms with E-state index in [4.69, 9.17) is 74.5 Å². The van der Waals surface area contributed by atoms with E-state index in [0.29, 0.717) is 55.2 Å². The molecule has 4 N–H and O–H groups in total. The van der Waals surface area contributed by atoms with Crippen molar-refractivity contribution >= 4 is 57.8 Å². The van der Waals surface area contributed by atoms with Gasteiger partial charge < -0.3 is 39.6 Å². The third-order valence-corrected chi connectivity index (χ3v) is 5.46. The van der Waals surface area contributed by atoms with Crippen LogP contribution in [0, 0.1) is 26.0 Å². The number of hydrogen-bond acceptors (Lipinski definition) is 12. The predicted molar refractivity (Wildman–Crippen MR) is 179 cm³/mol. The fourth-order valence-corrected chi connectivity index (χ4v) is 3.16. The van der Waals surface area contributed by atoms with Crippen molar-refractivity contribution in [3.05, 3.63) is 95.7 Å². The van der Waals surface area contributed by atoms with Crippen molar-refractivity contribution in [1.29, 1.82) is 0 Å². The largest absolute Gasteiger partial charge is 0.490 e. The Balaban J connectivity index is -0.000000575. The molecule has 49 heavy (non-hydrogen) atoms. The molecule has 0 aromatic heterocycles. The van der Waals surface area contributed by atoms with E-state index in [0.717, 1.165) is 25.1 Å². The van der Waals surface area contributed by atoms with Crippen LogP contribution in [0.4, 0.5) is 21.5 Å². The number of nitro groups is 2. The van der Waals surface area contributed by atoms with Gasteiger partial charge in [0.05, 0.1) is 51.3 Å². The number of benzene rings is 3. The zero-order chi connectivity index (χ0) is 37.1. The first-order valence-electron chi connectivity index (χ1n) is 13.3. The van der Waals surface area contributed by atoms with Crippen LogP contribution in [0.5, 0.6) is 11.5 Å². The standard InChI is InChI=1S/C9H10ClNO4.C9H12ClNO2.C6H3ClFNO2.C3H8O2.C2H4O2.Fe/c1-14-4-5-15-9-3-2-7(11(12)13)6-8(9)10;1-12-4-5-13-9-3-2-7(11)6-8(9)10;7-5-3-4(9(10)11)1-2-6(5)8;1-5-3-2-4;1-2(3)4;/h2-3,6H,4-5H2,1H3;2-3,6H,4-5,11H2,1H3;1-3H;4H,2-3H2,1H3;1H3,(H,3,4);. The Hall–Kier alpha value is -3.51. The van der Waals surface area contributed by atoms with E-state index in [-0.39, 0.29) is 45.1 Å². The monoisotopic (exact) mass is 799 g/mol. The summed E-state index contributed by atoms with van der Waals surface area (Å²) in [5.41, 5.74) is 5.88. The number of halogens is 4. The smallest absolute Gasteiger partial charge is 0.300 e. The van der Waals surface area contributed by atoms with Gasteiger partial charge >= 0.3 is 0 Å². The first-order valence-corrected chi connectivity index (χ1v) is 14.4. The summed E-state index contributed by atoms with van der Waals surface area (Å²) in [6.07, 6.45) is 0. The molecule has 3 aromatic rings. The minimum atomic E-state index is -0.833. The molecule has 0 amide bonds. The molecule has 0 saturated heterocycles. The van der Waals surface area contributed by atoms with Crippen LogP contribution in [0.1, 0.15) is 6.92 Å². The van der Waals surface area contributed by atoms with E-state index in [1.165, 1.54) is 18.2 Å². The molecule has 0 heterocycles. The number of non-ortho nitro benzene ring substituents is 2. The van der Waals surface area contributed by atoms with Gasteiger partial charge in [-0.05, 0) is 30.3 Å². The molecule has 0 aliphatic carbocycles. The molecule has 276 valence electrons. The molecule has 0 aliphatic rings. The Labute approximate surface area is 307 Å². The van der Waals surface area contributed by atoms with Crippen LogP contribution in [-0.4, -0.2) is 87.0 Å². The van der Waals surface area contributed by atoms with Gasteiger partial charge in [0.1, 0.15) is 30.5 Å². The molecule has 15 nitrogen and oxygen atoms in total. The molecule has 3 rings (SSSR count). The number of aliphatic hydroxyl groups excluding tert-OH is 1. The van der Waals surface area contributed by atoms with Crippen molar-refractivity contribution in [1.82, 2.24) is 0 Å². The number of rotatable bonds is 12. The van der Waals surface area contributed by atoms with Crippen LogP contribution >= 0.6 is 34.8 Å². The summed E-state index contributed by atoms with van der Waals surface area (Å²) in [6.45, 7) is 3.47. The van der Waals surface area contributed by atoms with Crippen LogP contribution in [0.3, 0.4) is 0 Å². The Bertz CT molecular complexity index is 1390. The number of nitro benzene ring substituents is 2. The number of ether oxygens (including phenoxy) is 5. The van der Waals surface area contributed by atoms with Gasteiger partial charge in [-0.25, -0.2) is 4.39 Å². The number of aliphatic carboxylic acids is 1. The molecule has 0 unspecified atom stereocenters. The predicted octanol–water partition coefficient (Wildman–Crippen LogP) is 6.32. The van der Waals surface area contributed by atoms with Crippen LogP contribution in [0.25, 0.3) is 0 Å². The van der Waals surface area contributed by atoms with E-state index in [1.54, 1.807) is 39.5 Å². The van der Waals surface area contributed by atoms with Crippen LogP contribution in [0.2, 0.25) is 15.1 Å². The number of anilines is 1. The van der Waals surface area contributed by atoms with Gasteiger partial charge in [-0.15, -0.1) is 0 Å². The van der Waals surface area contributed by atoms with E-state index in [1.807, 2.05) is 0 Å². The second-order valence-electron chi connectivity index (χ2n) is 8.34. The zero-order valence-electron chi connectivity index (χ0n) is 26.8. The van der Waals surface area contributed by atoms with Gasteiger partial charge in [-0.2, -0.15) is 0 Å². The van der Waals surface area contributed by atoms with Gasteiger partial charge in [0.15, 0.2) is 0 Å². The SMILES string of the molecule is CC(=O)O.COCCO.COCCOc1ccc(N)cc1Cl.COCCOc1ccc([N+](=O)[O-])cc1Cl.O=[N+]([O-])c1ccc(F)c(Cl)c1.[Fe]. The normalized spacial score (nSPS) is 9.24. The molecule has 0 saturated carbocycles. The Kier molecular flexibility index (Phi) is 31.1. The molecular weight excluding hydrogens is 764 g/mol. The molecular formula is C29H37Cl3FFeN3O12. The summed E-state index contributed by atoms with van der Waals surface area (Å²) in [6, 6.07) is 12.2. The van der Waals surface area contributed by atoms with Gasteiger partial charge in [0, 0.05) is 75.3 Å². The number of carbonyl (C=O) groups is 1. The van der Waals surface area contributed by atoms with E-state index >= 15 is 0 Å². The number of methoxy groups -OCH3 is 3. The molecule has 3 aromatic carbocycles. The number of nitrogens with two attached hydrogens (primary N) is 1. The maximum Gasteiger partial charge on any atom is 0.300 e. The summed E-state index contributed by atoms with van der Waals surface area (Å²) < 4.78 is 37.0. The van der Waals surface area contributed by atoms with Gasteiger partial charge in [-0.1, -0.05) is 34.8 Å². The Morgan fingerprint density at radius 3 is 1.47 bits per heavy atom. The Morgan fingerprint density at radius 2 is 1.14 bits per heavy atom. The van der Waals surface area contributed by atoms with E-state index in [2.05, 4.69) is 4.74 Å². The third-order valence-electron chi connectivity index (χ3n) is 4.58. The van der Waals surface area contributed by atoms with E-state index < -0.39 is 21.6 Å². The summed E-state index contributed by atoms with van der Waals surface area (Å²) in [4.78, 5) is 28.4. The summed E-state index contributed by atoms with van der Waals surface area (Å²) >= 11 is 16.9. The molecule has 0 fully saturated rings. The number of carboxylic acids is 1. The van der Waals surface area contributed by atoms with Gasteiger partial charge in [-0.3, -0.25) is 25.0 Å². The second kappa shape index (κ2) is 30.5.